The molecule has 1 aromatic carbocycles. The number of nitrogens with one attached hydrogen (secondary N) is 2. The number of H-pyrrole nitrogens is 1. The summed E-state index contributed by atoms with van der Waals surface area (Å²) in [5.74, 6) is -1.82. The molecule has 4 aromatic rings. The molecule has 1 amide bonds. The number of amides is 1. The molecule has 14 heteroatoms. The fraction of sp³-hybridized carbons (Fsp3) is 0.100. The van der Waals surface area contributed by atoms with Gasteiger partial charge in [0.15, 0.2) is 7.05 Å². The third-order valence-corrected chi connectivity index (χ3v) is 6.06. The molecule has 7 N–H and O–H groups in total. The summed E-state index contributed by atoms with van der Waals surface area (Å²) in [6.45, 7) is 0. The van der Waals surface area contributed by atoms with Crippen LogP contribution < -0.4 is 31.8 Å². The summed E-state index contributed by atoms with van der Waals surface area (Å²) in [4.78, 5) is 41.1. The lowest BCUT2D eigenvalue weighted by Crippen LogP contribution is -2.34. The topological polar surface area (TPSA) is 214 Å². The molecule has 3 heterocycles. The number of methoxy groups -OCH3 is 1. The Kier molecular flexibility index (Phi) is 5.39. The SMILES string of the molecule is COc1cc(C(=O)O)ccc1NC(=O)c1sc2nc(N)c(C#N)c(-c3c(=O)o[nH][n+]3C)c2c1N. The van der Waals surface area contributed by atoms with Gasteiger partial charge in [0.1, 0.15) is 32.9 Å². The number of nitriles is 1. The van der Waals surface area contributed by atoms with Crippen molar-refractivity contribution in [2.75, 3.05) is 23.9 Å². The van der Waals surface area contributed by atoms with Gasteiger partial charge in [0.25, 0.3) is 5.91 Å². The van der Waals surface area contributed by atoms with Crippen molar-refractivity contribution in [1.29, 1.82) is 5.26 Å². The number of pyridine rings is 1. The Hall–Kier alpha value is -4.90. The Labute approximate surface area is 193 Å². The zero-order chi connectivity index (χ0) is 24.7. The minimum Gasteiger partial charge on any atom is -0.495 e. The van der Waals surface area contributed by atoms with Crippen LogP contribution in [0.25, 0.3) is 21.5 Å². The van der Waals surface area contributed by atoms with Crippen LogP contribution in [0.5, 0.6) is 5.75 Å². The zero-order valence-corrected chi connectivity index (χ0v) is 18.4. The van der Waals surface area contributed by atoms with Gasteiger partial charge < -0.3 is 26.6 Å². The summed E-state index contributed by atoms with van der Waals surface area (Å²) in [6, 6.07) is 5.87. The van der Waals surface area contributed by atoms with Gasteiger partial charge in [-0.1, -0.05) is 4.68 Å². The molecule has 4 rings (SSSR count). The summed E-state index contributed by atoms with van der Waals surface area (Å²) < 4.78 is 11.2. The monoisotopic (exact) mass is 482 g/mol. The lowest BCUT2D eigenvalue weighted by atomic mass is 10.0. The maximum Gasteiger partial charge on any atom is 0.435 e. The smallest absolute Gasteiger partial charge is 0.435 e. The molecule has 0 saturated carbocycles. The number of aryl methyl sites for hydroxylation is 1. The average molecular weight is 482 g/mol. The van der Waals surface area contributed by atoms with Gasteiger partial charge in [-0.2, -0.15) is 5.26 Å². The third-order valence-electron chi connectivity index (χ3n) is 4.96. The van der Waals surface area contributed by atoms with E-state index in [4.69, 9.17) is 25.8 Å². The van der Waals surface area contributed by atoms with Gasteiger partial charge in [0.2, 0.25) is 0 Å². The summed E-state index contributed by atoms with van der Waals surface area (Å²) >= 11 is 0.905. The molecule has 3 aromatic heterocycles. The Morgan fingerprint density at radius 2 is 2.12 bits per heavy atom. The van der Waals surface area contributed by atoms with Crippen LogP contribution in [0.15, 0.2) is 27.5 Å². The Balaban J connectivity index is 1.88. The molecule has 0 aliphatic carbocycles. The number of carbonyl (C=O) groups excluding carboxylic acids is 1. The number of rotatable bonds is 5. The van der Waals surface area contributed by atoms with Crippen molar-refractivity contribution in [3.05, 3.63) is 44.6 Å². The van der Waals surface area contributed by atoms with E-state index in [2.05, 4.69) is 15.6 Å². The van der Waals surface area contributed by atoms with E-state index in [-0.39, 0.29) is 60.4 Å². The van der Waals surface area contributed by atoms with Crippen molar-refractivity contribution in [2.24, 2.45) is 7.05 Å². The van der Waals surface area contributed by atoms with Gasteiger partial charge in [0, 0.05) is 0 Å². The fourth-order valence-corrected chi connectivity index (χ4v) is 4.41. The number of carboxylic acid groups (broad SMARTS) is 1. The molecular weight excluding hydrogens is 466 g/mol. The Morgan fingerprint density at radius 3 is 2.71 bits per heavy atom. The second-order valence-electron chi connectivity index (χ2n) is 6.95. The summed E-state index contributed by atoms with van der Waals surface area (Å²) in [6.07, 6.45) is 0. The number of hydrogen-bond donors (Lipinski definition) is 5. The summed E-state index contributed by atoms with van der Waals surface area (Å²) in [5, 5.41) is 24.0. The number of carbonyl (C=O) groups is 2. The molecule has 0 spiro atoms. The number of fused-ring (bicyclic) bond motifs is 1. The first-order valence-corrected chi connectivity index (χ1v) is 10.2. The second kappa shape index (κ2) is 8.22. The average Bonchev–Trinajstić information content (AvgIpc) is 3.31. The molecular formula is C20H16N7O6S+. The Morgan fingerprint density at radius 1 is 1.38 bits per heavy atom. The fourth-order valence-electron chi connectivity index (χ4n) is 3.41. The van der Waals surface area contributed by atoms with E-state index in [0.29, 0.717) is 0 Å². The highest BCUT2D eigenvalue weighted by atomic mass is 32.1. The van der Waals surface area contributed by atoms with Gasteiger partial charge >= 0.3 is 17.3 Å². The molecule has 0 bridgehead atoms. The predicted molar refractivity (Wildman–Crippen MR) is 121 cm³/mol. The maximum absolute atomic E-state index is 13.1. The number of carboxylic acids is 1. The van der Waals surface area contributed by atoms with Crippen molar-refractivity contribution < 1.29 is 28.6 Å². The van der Waals surface area contributed by atoms with Crippen LogP contribution in [0.1, 0.15) is 25.6 Å². The highest BCUT2D eigenvalue weighted by Crippen LogP contribution is 2.41. The number of nitrogen functional groups attached to an aromatic ring is 2. The number of hydrogen-bond acceptors (Lipinski definition) is 10. The van der Waals surface area contributed by atoms with Crippen molar-refractivity contribution in [1.82, 2.24) is 10.3 Å². The first kappa shape index (κ1) is 22.3. The van der Waals surface area contributed by atoms with E-state index in [0.717, 1.165) is 11.3 Å². The third kappa shape index (κ3) is 3.45. The molecule has 0 atom stereocenters. The number of aromatic nitrogens is 3. The summed E-state index contributed by atoms with van der Waals surface area (Å²) in [5.41, 5.74) is 11.6. The highest BCUT2D eigenvalue weighted by Gasteiger charge is 2.32. The normalized spacial score (nSPS) is 10.7. The number of anilines is 3. The van der Waals surface area contributed by atoms with Crippen molar-refractivity contribution >= 4 is 50.6 Å². The Bertz CT molecular complexity index is 1590. The highest BCUT2D eigenvalue weighted by molar-refractivity contribution is 7.21. The standard InChI is InChI=1S/C20H15N7O6S/c1-27-14(20(31)33-26-27)11-8(6-21)16(23)25-18-12(11)13(22)15(34-18)17(28)24-9-4-3-7(19(29)30)5-10(9)32-2/h3-5H,1-2H3,(H6-,22,23,24,25,26,28,29,30,31)/p+1. The minimum absolute atomic E-state index is 0.0252. The number of aromatic amines is 1. The van der Waals surface area contributed by atoms with Crippen LogP contribution in [0.4, 0.5) is 17.2 Å². The predicted octanol–water partition coefficient (Wildman–Crippen LogP) is 1.06. The number of ether oxygens (including phenoxy) is 1. The van der Waals surface area contributed by atoms with Crippen LogP contribution in [0.2, 0.25) is 0 Å². The zero-order valence-electron chi connectivity index (χ0n) is 17.6. The van der Waals surface area contributed by atoms with Crippen LogP contribution in [-0.2, 0) is 7.05 Å². The number of thiophene rings is 1. The van der Waals surface area contributed by atoms with Crippen molar-refractivity contribution in [2.45, 2.75) is 0 Å². The van der Waals surface area contributed by atoms with E-state index in [1.54, 1.807) is 0 Å². The molecule has 0 aliphatic rings. The summed E-state index contributed by atoms with van der Waals surface area (Å²) in [7, 11) is 2.82. The molecule has 0 unspecified atom stereocenters. The molecule has 13 nitrogen and oxygen atoms in total. The lowest BCUT2D eigenvalue weighted by Gasteiger charge is -2.10. The first-order chi connectivity index (χ1) is 16.2. The van der Waals surface area contributed by atoms with E-state index >= 15 is 0 Å². The number of nitrogens with zero attached hydrogens (tertiary/aromatic N) is 3. The molecule has 0 fully saturated rings. The largest absolute Gasteiger partial charge is 0.495 e. The van der Waals surface area contributed by atoms with Gasteiger partial charge in [-0.25, -0.2) is 14.6 Å². The first-order valence-electron chi connectivity index (χ1n) is 9.40. The van der Waals surface area contributed by atoms with E-state index in [1.807, 2.05) is 6.07 Å². The molecule has 0 radical (unpaired) electrons. The lowest BCUT2D eigenvalue weighted by molar-refractivity contribution is -0.730. The van der Waals surface area contributed by atoms with Crippen molar-refractivity contribution in [3.63, 3.8) is 0 Å². The number of benzene rings is 1. The van der Waals surface area contributed by atoms with Gasteiger partial charge in [-0.05, 0) is 23.5 Å². The van der Waals surface area contributed by atoms with Gasteiger partial charge in [0.05, 0.1) is 35.0 Å². The molecule has 0 saturated heterocycles. The molecule has 172 valence electrons. The van der Waals surface area contributed by atoms with Crippen LogP contribution in [0, 0.1) is 11.3 Å². The molecule has 34 heavy (non-hydrogen) atoms. The molecule has 0 aliphatic heterocycles. The number of nitrogens with two attached hydrogens (primary N) is 2. The van der Waals surface area contributed by atoms with Crippen LogP contribution in [-0.4, -0.2) is 34.3 Å². The minimum atomic E-state index is -1.16. The van der Waals surface area contributed by atoms with Gasteiger partial charge in [-0.3, -0.25) is 9.32 Å². The van der Waals surface area contributed by atoms with Crippen LogP contribution >= 0.6 is 11.3 Å². The number of aromatic carboxylic acids is 1. The maximum atomic E-state index is 13.1. The van der Waals surface area contributed by atoms with E-state index in [1.165, 1.54) is 37.0 Å². The second-order valence-corrected chi connectivity index (χ2v) is 7.95. The van der Waals surface area contributed by atoms with E-state index in [9.17, 15) is 19.6 Å². The quantitative estimate of drug-likeness (QED) is 0.255. The van der Waals surface area contributed by atoms with Gasteiger partial charge in [-0.15, -0.1) is 11.3 Å². The van der Waals surface area contributed by atoms with E-state index < -0.39 is 17.5 Å². The van der Waals surface area contributed by atoms with Crippen molar-refractivity contribution in [3.8, 4) is 23.1 Å². The van der Waals surface area contributed by atoms with Crippen LogP contribution in [0.3, 0.4) is 0 Å².